The maximum absolute atomic E-state index is 13.5. The molecule has 0 saturated carbocycles. The van der Waals surface area contributed by atoms with Crippen molar-refractivity contribution in [3.8, 4) is 0 Å². The van der Waals surface area contributed by atoms with Crippen LogP contribution in [-0.4, -0.2) is 50.0 Å². The lowest BCUT2D eigenvalue weighted by atomic mass is 10.1. The van der Waals surface area contributed by atoms with Crippen molar-refractivity contribution in [2.45, 2.75) is 45.8 Å². The number of hydrogen-bond acceptors (Lipinski definition) is 4. The number of carbonyl (C=O) groups excluding carboxylic acids is 2. The first-order chi connectivity index (χ1) is 15.8. The Morgan fingerprint density at radius 3 is 2.15 bits per heavy atom. The van der Waals surface area contributed by atoms with Crippen LogP contribution in [0.3, 0.4) is 0 Å². The Morgan fingerprint density at radius 2 is 1.62 bits per heavy atom. The zero-order chi connectivity index (χ0) is 25.6. The number of carbonyl (C=O) groups is 2. The molecule has 2 aromatic rings. The molecule has 11 heteroatoms. The summed E-state index contributed by atoms with van der Waals surface area (Å²) in [6.45, 7) is 4.84. The minimum Gasteiger partial charge on any atom is -0.352 e. The van der Waals surface area contributed by atoms with Gasteiger partial charge in [0.1, 0.15) is 12.6 Å². The van der Waals surface area contributed by atoms with Crippen LogP contribution in [0.25, 0.3) is 0 Å². The van der Waals surface area contributed by atoms with Crippen LogP contribution in [-0.2, 0) is 26.2 Å². The topological polar surface area (TPSA) is 86.8 Å². The number of halogens is 3. The summed E-state index contributed by atoms with van der Waals surface area (Å²) < 4.78 is 26.1. The van der Waals surface area contributed by atoms with Gasteiger partial charge in [-0.15, -0.1) is 0 Å². The van der Waals surface area contributed by atoms with Crippen LogP contribution in [0, 0.1) is 0 Å². The van der Waals surface area contributed by atoms with Gasteiger partial charge in [-0.2, -0.15) is 0 Å². The van der Waals surface area contributed by atoms with E-state index in [0.717, 1.165) is 10.6 Å². The molecule has 0 aliphatic carbocycles. The summed E-state index contributed by atoms with van der Waals surface area (Å²) in [6, 6.07) is 10.2. The van der Waals surface area contributed by atoms with Gasteiger partial charge in [0, 0.05) is 27.7 Å². The van der Waals surface area contributed by atoms with E-state index in [2.05, 4.69) is 5.32 Å². The molecule has 2 rings (SSSR count). The molecule has 0 radical (unpaired) electrons. The minimum atomic E-state index is -3.89. The zero-order valence-corrected chi connectivity index (χ0v) is 22.5. The Kier molecular flexibility index (Phi) is 10.1. The summed E-state index contributed by atoms with van der Waals surface area (Å²) in [4.78, 5) is 27.7. The van der Waals surface area contributed by atoms with Crippen molar-refractivity contribution < 1.29 is 18.0 Å². The Labute approximate surface area is 216 Å². The van der Waals surface area contributed by atoms with Crippen molar-refractivity contribution in [2.24, 2.45) is 0 Å². The average Bonchev–Trinajstić information content (AvgIpc) is 2.74. The third-order valence-electron chi connectivity index (χ3n) is 5.28. The highest BCUT2D eigenvalue weighted by molar-refractivity contribution is 7.92. The highest BCUT2D eigenvalue weighted by atomic mass is 35.5. The molecule has 0 heterocycles. The largest absolute Gasteiger partial charge is 0.352 e. The maximum Gasteiger partial charge on any atom is 0.244 e. The number of nitrogens with zero attached hydrogens (tertiary/aromatic N) is 2. The second-order valence-corrected chi connectivity index (χ2v) is 11.2. The van der Waals surface area contributed by atoms with Crippen LogP contribution in [0.2, 0.25) is 15.1 Å². The SMILES string of the molecule is CC[C@H](C)NC(=O)[C@@H](C)N(Cc1ccccc1Cl)C(=O)CN(c1cc(Cl)cc(Cl)c1)S(C)(=O)=O. The molecule has 0 bridgehead atoms. The van der Waals surface area contributed by atoms with Gasteiger partial charge < -0.3 is 10.2 Å². The van der Waals surface area contributed by atoms with Gasteiger partial charge in [-0.25, -0.2) is 8.42 Å². The molecule has 1 N–H and O–H groups in total. The second-order valence-electron chi connectivity index (χ2n) is 8.00. The van der Waals surface area contributed by atoms with E-state index in [1.807, 2.05) is 13.8 Å². The van der Waals surface area contributed by atoms with E-state index in [-0.39, 0.29) is 34.2 Å². The van der Waals surface area contributed by atoms with Crippen molar-refractivity contribution in [3.63, 3.8) is 0 Å². The number of sulfonamides is 1. The minimum absolute atomic E-state index is 0.0154. The third-order valence-corrected chi connectivity index (χ3v) is 7.23. The Bertz CT molecular complexity index is 1120. The molecule has 2 amide bonds. The number of rotatable bonds is 10. The zero-order valence-electron chi connectivity index (χ0n) is 19.4. The van der Waals surface area contributed by atoms with E-state index in [1.165, 1.54) is 23.1 Å². The van der Waals surface area contributed by atoms with E-state index >= 15 is 0 Å². The van der Waals surface area contributed by atoms with E-state index in [4.69, 9.17) is 34.8 Å². The molecule has 2 atom stereocenters. The summed E-state index contributed by atoms with van der Waals surface area (Å²) in [5.74, 6) is -0.945. The molecule has 2 aromatic carbocycles. The molecule has 7 nitrogen and oxygen atoms in total. The molecule has 34 heavy (non-hydrogen) atoms. The van der Waals surface area contributed by atoms with Crippen LogP contribution in [0.1, 0.15) is 32.8 Å². The number of hydrogen-bond donors (Lipinski definition) is 1. The molecular formula is C23H28Cl3N3O4S. The lowest BCUT2D eigenvalue weighted by Crippen LogP contribution is -2.52. The number of nitrogens with one attached hydrogen (secondary N) is 1. The van der Waals surface area contributed by atoms with Gasteiger partial charge in [-0.1, -0.05) is 59.9 Å². The molecule has 0 saturated heterocycles. The summed E-state index contributed by atoms with van der Waals surface area (Å²) in [7, 11) is -3.89. The normalized spacial score (nSPS) is 13.1. The molecule has 186 valence electrons. The maximum atomic E-state index is 13.5. The Hall–Kier alpha value is -2.00. The van der Waals surface area contributed by atoms with E-state index in [0.29, 0.717) is 17.0 Å². The molecule has 0 spiro atoms. The fourth-order valence-corrected chi connectivity index (χ4v) is 4.70. The van der Waals surface area contributed by atoms with E-state index in [9.17, 15) is 18.0 Å². The van der Waals surface area contributed by atoms with Crippen molar-refractivity contribution in [3.05, 3.63) is 63.1 Å². The predicted octanol–water partition coefficient (Wildman–Crippen LogP) is 4.74. The monoisotopic (exact) mass is 547 g/mol. The lowest BCUT2D eigenvalue weighted by Gasteiger charge is -2.32. The second kappa shape index (κ2) is 12.1. The lowest BCUT2D eigenvalue weighted by molar-refractivity contribution is -0.139. The fraction of sp³-hybridized carbons (Fsp3) is 0.391. The van der Waals surface area contributed by atoms with Gasteiger partial charge in [0.2, 0.25) is 21.8 Å². The van der Waals surface area contributed by atoms with Gasteiger partial charge in [0.05, 0.1) is 11.9 Å². The highest BCUT2D eigenvalue weighted by Crippen LogP contribution is 2.27. The van der Waals surface area contributed by atoms with Gasteiger partial charge in [-0.05, 0) is 50.1 Å². The Morgan fingerprint density at radius 1 is 1.03 bits per heavy atom. The number of amides is 2. The molecule has 0 aromatic heterocycles. The van der Waals surface area contributed by atoms with Crippen LogP contribution in [0.15, 0.2) is 42.5 Å². The quantitative estimate of drug-likeness (QED) is 0.464. The smallest absolute Gasteiger partial charge is 0.244 e. The molecule has 0 aliphatic heterocycles. The van der Waals surface area contributed by atoms with Gasteiger partial charge in [0.25, 0.3) is 0 Å². The van der Waals surface area contributed by atoms with Crippen LogP contribution in [0.5, 0.6) is 0 Å². The summed E-state index contributed by atoms with van der Waals surface area (Å²) >= 11 is 18.4. The van der Waals surface area contributed by atoms with E-state index < -0.39 is 28.5 Å². The molecule has 0 fully saturated rings. The van der Waals surface area contributed by atoms with Crippen molar-refractivity contribution in [2.75, 3.05) is 17.1 Å². The van der Waals surface area contributed by atoms with E-state index in [1.54, 1.807) is 31.2 Å². The van der Waals surface area contributed by atoms with Crippen LogP contribution < -0.4 is 9.62 Å². The number of benzene rings is 2. The summed E-state index contributed by atoms with van der Waals surface area (Å²) in [5.41, 5.74) is 0.764. The standard InChI is InChI=1S/C23H28Cl3N3O4S/c1-5-15(2)27-23(31)16(3)28(13-17-8-6-7-9-21(17)26)22(30)14-29(34(4,32)33)20-11-18(24)10-19(25)12-20/h6-12,15-16H,5,13-14H2,1-4H3,(H,27,31)/t15-,16+/m0/s1. The fourth-order valence-electron chi connectivity index (χ4n) is 3.16. The molecule has 0 unspecified atom stereocenters. The van der Waals surface area contributed by atoms with Crippen molar-refractivity contribution in [1.29, 1.82) is 0 Å². The first-order valence-corrected chi connectivity index (χ1v) is 13.6. The van der Waals surface area contributed by atoms with Gasteiger partial charge in [-0.3, -0.25) is 13.9 Å². The van der Waals surface area contributed by atoms with Crippen molar-refractivity contribution in [1.82, 2.24) is 10.2 Å². The van der Waals surface area contributed by atoms with Gasteiger partial charge in [0.15, 0.2) is 0 Å². The molecule has 0 aliphatic rings. The highest BCUT2D eigenvalue weighted by Gasteiger charge is 2.31. The van der Waals surface area contributed by atoms with Crippen LogP contribution >= 0.6 is 34.8 Å². The van der Waals surface area contributed by atoms with Crippen molar-refractivity contribution >= 4 is 62.3 Å². The van der Waals surface area contributed by atoms with Crippen LogP contribution in [0.4, 0.5) is 5.69 Å². The first-order valence-electron chi connectivity index (χ1n) is 10.6. The third kappa shape index (κ3) is 7.77. The predicted molar refractivity (Wildman–Crippen MR) is 138 cm³/mol. The summed E-state index contributed by atoms with van der Waals surface area (Å²) in [6.07, 6.45) is 1.70. The average molecular weight is 549 g/mol. The first kappa shape index (κ1) is 28.2. The molecular weight excluding hydrogens is 521 g/mol. The Balaban J connectivity index is 2.43. The number of anilines is 1. The van der Waals surface area contributed by atoms with Gasteiger partial charge >= 0.3 is 0 Å². The summed E-state index contributed by atoms with van der Waals surface area (Å²) in [5, 5.41) is 3.73.